The summed E-state index contributed by atoms with van der Waals surface area (Å²) in [5.41, 5.74) is 8.40. The van der Waals surface area contributed by atoms with Gasteiger partial charge < -0.3 is 4.90 Å². The van der Waals surface area contributed by atoms with Crippen molar-refractivity contribution in [3.8, 4) is 22.3 Å². The first-order valence-corrected chi connectivity index (χ1v) is 16.5. The van der Waals surface area contributed by atoms with Crippen LogP contribution in [-0.2, 0) is 0 Å². The van der Waals surface area contributed by atoms with Crippen molar-refractivity contribution in [3.05, 3.63) is 176 Å². The summed E-state index contributed by atoms with van der Waals surface area (Å²) in [5.74, 6) is 0. The molecule has 46 heavy (non-hydrogen) atoms. The minimum atomic E-state index is 1.13. The van der Waals surface area contributed by atoms with Crippen molar-refractivity contribution in [2.24, 2.45) is 0 Å². The number of benzene rings is 8. The highest BCUT2D eigenvalue weighted by atomic mass is 32.1. The molecule has 0 amide bonds. The molecule has 0 N–H and O–H groups in total. The minimum absolute atomic E-state index is 1.13. The SMILES string of the molecule is c1ccc(N(c2ccc(-c3ccc4ccccc4c3)cc2)c2ccc3sc4cccc(-c5cccc6ccccc56)c4c3c2)cc1. The van der Waals surface area contributed by atoms with Gasteiger partial charge >= 0.3 is 0 Å². The molecule has 0 saturated heterocycles. The standard InChI is InChI=1S/C44H29NS/c1-2-14-35(15-3-1)45(36-24-22-31(23-25-36)34-21-20-30-10-4-5-12-33(30)28-34)37-26-27-42-41(29-37)44-40(18-9-19-43(44)46-42)39-17-8-13-32-11-6-7-16-38(32)39/h1-29H. The molecular formula is C44H29NS. The van der Waals surface area contributed by atoms with Gasteiger partial charge in [-0.15, -0.1) is 11.3 Å². The van der Waals surface area contributed by atoms with Gasteiger partial charge in [-0.1, -0.05) is 121 Å². The average molecular weight is 604 g/mol. The third-order valence-electron chi connectivity index (χ3n) is 9.04. The molecule has 0 aliphatic heterocycles. The van der Waals surface area contributed by atoms with E-state index in [1.54, 1.807) is 0 Å². The minimum Gasteiger partial charge on any atom is -0.310 e. The number of hydrogen-bond donors (Lipinski definition) is 0. The van der Waals surface area contributed by atoms with E-state index in [1.807, 2.05) is 11.3 Å². The molecule has 0 bridgehead atoms. The molecular weight excluding hydrogens is 575 g/mol. The molecule has 0 saturated carbocycles. The second kappa shape index (κ2) is 11.0. The van der Waals surface area contributed by atoms with Crippen LogP contribution >= 0.6 is 11.3 Å². The molecule has 0 radical (unpaired) electrons. The lowest BCUT2D eigenvalue weighted by Crippen LogP contribution is -2.09. The van der Waals surface area contributed by atoms with Gasteiger partial charge in [-0.2, -0.15) is 0 Å². The zero-order valence-corrected chi connectivity index (χ0v) is 25.9. The maximum atomic E-state index is 2.38. The number of anilines is 3. The van der Waals surface area contributed by atoms with E-state index in [9.17, 15) is 0 Å². The van der Waals surface area contributed by atoms with Crippen LogP contribution < -0.4 is 4.90 Å². The van der Waals surface area contributed by atoms with Crippen molar-refractivity contribution in [2.45, 2.75) is 0 Å². The summed E-state index contributed by atoms with van der Waals surface area (Å²) in [6.07, 6.45) is 0. The summed E-state index contributed by atoms with van der Waals surface area (Å²) in [6.45, 7) is 0. The maximum absolute atomic E-state index is 2.38. The summed E-state index contributed by atoms with van der Waals surface area (Å²) in [6, 6.07) is 63.9. The van der Waals surface area contributed by atoms with Gasteiger partial charge in [-0.05, 0) is 98.4 Å². The van der Waals surface area contributed by atoms with Crippen LogP contribution in [0.3, 0.4) is 0 Å². The van der Waals surface area contributed by atoms with Crippen LogP contribution in [0.5, 0.6) is 0 Å². The van der Waals surface area contributed by atoms with Gasteiger partial charge in [0, 0.05) is 37.2 Å². The van der Waals surface area contributed by atoms with Gasteiger partial charge in [-0.3, -0.25) is 0 Å². The quantitative estimate of drug-likeness (QED) is 0.189. The van der Waals surface area contributed by atoms with Gasteiger partial charge in [0.05, 0.1) is 0 Å². The van der Waals surface area contributed by atoms with E-state index in [-0.39, 0.29) is 0 Å². The van der Waals surface area contributed by atoms with Crippen molar-refractivity contribution >= 4 is 70.1 Å². The van der Waals surface area contributed by atoms with Crippen LogP contribution in [0, 0.1) is 0 Å². The Morgan fingerprint density at radius 2 is 1.00 bits per heavy atom. The van der Waals surface area contributed by atoms with E-state index in [2.05, 4.69) is 181 Å². The molecule has 216 valence electrons. The van der Waals surface area contributed by atoms with Gasteiger partial charge in [-0.25, -0.2) is 0 Å². The fraction of sp³-hybridized carbons (Fsp3) is 0. The molecule has 0 spiro atoms. The van der Waals surface area contributed by atoms with Crippen LogP contribution in [0.4, 0.5) is 17.1 Å². The zero-order chi connectivity index (χ0) is 30.5. The molecule has 1 heterocycles. The number of hydrogen-bond acceptors (Lipinski definition) is 2. The Hall–Kier alpha value is -5.70. The fourth-order valence-corrected chi connectivity index (χ4v) is 7.95. The third kappa shape index (κ3) is 4.54. The highest BCUT2D eigenvalue weighted by molar-refractivity contribution is 7.26. The Labute approximate surface area is 272 Å². The molecule has 0 aliphatic carbocycles. The molecule has 0 unspecified atom stereocenters. The van der Waals surface area contributed by atoms with E-state index in [4.69, 9.17) is 0 Å². The van der Waals surface area contributed by atoms with Gasteiger partial charge in [0.15, 0.2) is 0 Å². The summed E-state index contributed by atoms with van der Waals surface area (Å²) in [5, 5.41) is 7.67. The second-order valence-electron chi connectivity index (χ2n) is 11.8. The highest BCUT2D eigenvalue weighted by Crippen LogP contribution is 2.45. The van der Waals surface area contributed by atoms with Crippen LogP contribution in [0.1, 0.15) is 0 Å². The van der Waals surface area contributed by atoms with E-state index in [0.717, 1.165) is 17.1 Å². The first-order chi connectivity index (χ1) is 22.8. The Morgan fingerprint density at radius 1 is 0.348 bits per heavy atom. The molecule has 0 fully saturated rings. The van der Waals surface area contributed by atoms with Crippen molar-refractivity contribution in [2.75, 3.05) is 4.90 Å². The van der Waals surface area contributed by atoms with Crippen LogP contribution in [-0.4, -0.2) is 0 Å². The van der Waals surface area contributed by atoms with E-state index >= 15 is 0 Å². The summed E-state index contributed by atoms with van der Waals surface area (Å²) in [4.78, 5) is 2.37. The normalized spacial score (nSPS) is 11.5. The summed E-state index contributed by atoms with van der Waals surface area (Å²) in [7, 11) is 0. The highest BCUT2D eigenvalue weighted by Gasteiger charge is 2.17. The van der Waals surface area contributed by atoms with Gasteiger partial charge in [0.1, 0.15) is 0 Å². The number of rotatable bonds is 5. The topological polar surface area (TPSA) is 3.24 Å². The van der Waals surface area contributed by atoms with Crippen molar-refractivity contribution in [3.63, 3.8) is 0 Å². The molecule has 2 heteroatoms. The molecule has 1 nitrogen and oxygen atoms in total. The largest absolute Gasteiger partial charge is 0.310 e. The molecule has 9 aromatic rings. The van der Waals surface area contributed by atoms with E-state index < -0.39 is 0 Å². The molecule has 9 rings (SSSR count). The lowest BCUT2D eigenvalue weighted by molar-refractivity contribution is 1.29. The van der Waals surface area contributed by atoms with Crippen LogP contribution in [0.15, 0.2) is 176 Å². The number of nitrogens with zero attached hydrogens (tertiary/aromatic N) is 1. The Kier molecular flexibility index (Phi) is 6.40. The lowest BCUT2D eigenvalue weighted by Gasteiger charge is -2.26. The molecule has 1 aromatic heterocycles. The maximum Gasteiger partial charge on any atom is 0.0468 e. The zero-order valence-electron chi connectivity index (χ0n) is 25.1. The molecule has 8 aromatic carbocycles. The number of thiophene rings is 1. The smallest absolute Gasteiger partial charge is 0.0468 e. The first kappa shape index (κ1) is 26.7. The van der Waals surface area contributed by atoms with Crippen molar-refractivity contribution in [1.29, 1.82) is 0 Å². The molecule has 0 atom stereocenters. The Morgan fingerprint density at radius 3 is 1.87 bits per heavy atom. The average Bonchev–Trinajstić information content (AvgIpc) is 3.50. The monoisotopic (exact) mass is 603 g/mol. The predicted octanol–water partition coefficient (Wildman–Crippen LogP) is 13.2. The van der Waals surface area contributed by atoms with E-state index in [1.165, 1.54) is 64.0 Å². The predicted molar refractivity (Wildman–Crippen MR) is 200 cm³/mol. The van der Waals surface area contributed by atoms with Gasteiger partial charge in [0.2, 0.25) is 0 Å². The lowest BCUT2D eigenvalue weighted by atomic mass is 9.94. The van der Waals surface area contributed by atoms with Crippen molar-refractivity contribution < 1.29 is 0 Å². The number of fused-ring (bicyclic) bond motifs is 5. The van der Waals surface area contributed by atoms with Gasteiger partial charge in [0.25, 0.3) is 0 Å². The Bertz CT molecular complexity index is 2520. The third-order valence-corrected chi connectivity index (χ3v) is 10.2. The summed E-state index contributed by atoms with van der Waals surface area (Å²) >= 11 is 1.87. The van der Waals surface area contributed by atoms with E-state index in [0.29, 0.717) is 0 Å². The fourth-order valence-electron chi connectivity index (χ4n) is 6.83. The molecule has 0 aliphatic rings. The first-order valence-electron chi connectivity index (χ1n) is 15.7. The van der Waals surface area contributed by atoms with Crippen LogP contribution in [0.2, 0.25) is 0 Å². The Balaban J connectivity index is 1.19. The second-order valence-corrected chi connectivity index (χ2v) is 12.9. The summed E-state index contributed by atoms with van der Waals surface area (Å²) < 4.78 is 2.61. The van der Waals surface area contributed by atoms with Crippen LogP contribution in [0.25, 0.3) is 64.0 Å². The number of para-hydroxylation sites is 1. The van der Waals surface area contributed by atoms with Crippen molar-refractivity contribution in [1.82, 2.24) is 0 Å².